The van der Waals surface area contributed by atoms with Crippen molar-refractivity contribution in [2.45, 2.75) is 32.9 Å². The minimum Gasteiger partial charge on any atom is -0.490 e. The normalized spacial score (nSPS) is 13.1. The zero-order valence-electron chi connectivity index (χ0n) is 16.6. The molecule has 1 aliphatic heterocycles. The van der Waals surface area contributed by atoms with E-state index in [1.54, 1.807) is 12.1 Å². The van der Waals surface area contributed by atoms with Gasteiger partial charge in [0.1, 0.15) is 21.8 Å². The van der Waals surface area contributed by atoms with Crippen molar-refractivity contribution in [2.75, 3.05) is 6.54 Å². The van der Waals surface area contributed by atoms with Crippen LogP contribution in [0.15, 0.2) is 36.4 Å². The monoisotopic (exact) mass is 420 g/mol. The molecule has 2 heterocycles. The van der Waals surface area contributed by atoms with Gasteiger partial charge >= 0.3 is 6.09 Å². The molecule has 0 radical (unpaired) electrons. The van der Waals surface area contributed by atoms with Crippen molar-refractivity contribution in [1.82, 2.24) is 15.1 Å². The van der Waals surface area contributed by atoms with Crippen LogP contribution in [0.25, 0.3) is 21.1 Å². The molecule has 0 fully saturated rings. The molecular formula is C22H20N4O3S. The quantitative estimate of drug-likeness (QED) is 0.664. The van der Waals surface area contributed by atoms with Gasteiger partial charge in [-0.1, -0.05) is 29.5 Å². The molecular weight excluding hydrogens is 400 g/mol. The number of benzene rings is 2. The first-order valence-electron chi connectivity index (χ1n) is 9.60. The summed E-state index contributed by atoms with van der Waals surface area (Å²) in [7, 11) is 0. The highest BCUT2D eigenvalue weighted by molar-refractivity contribution is 7.17. The summed E-state index contributed by atoms with van der Waals surface area (Å²) in [5.74, 6) is 0.557. The standard InChI is InChI=1S/C22H20N4O3S/c1-13(2)29-19-7-6-14(10-16(19)11-23)20-24-25-21(30-20)18-5-3-4-15-12-26(22(27)28)9-8-17(15)18/h3-7,10,13H,8-9,12H2,1-2H3,(H,27,28). The van der Waals surface area contributed by atoms with E-state index < -0.39 is 6.09 Å². The summed E-state index contributed by atoms with van der Waals surface area (Å²) >= 11 is 1.46. The van der Waals surface area contributed by atoms with E-state index in [4.69, 9.17) is 4.74 Å². The molecule has 0 spiro atoms. The fourth-order valence-corrected chi connectivity index (χ4v) is 4.42. The Kier molecular flexibility index (Phi) is 5.38. The van der Waals surface area contributed by atoms with E-state index in [0.717, 1.165) is 32.3 Å². The predicted octanol–water partition coefficient (Wildman–Crippen LogP) is 4.57. The van der Waals surface area contributed by atoms with Gasteiger partial charge < -0.3 is 14.7 Å². The molecule has 8 heteroatoms. The highest BCUT2D eigenvalue weighted by atomic mass is 32.1. The molecule has 2 aromatic carbocycles. The summed E-state index contributed by atoms with van der Waals surface area (Å²) in [4.78, 5) is 12.7. The molecule has 1 amide bonds. The Morgan fingerprint density at radius 1 is 1.27 bits per heavy atom. The van der Waals surface area contributed by atoms with E-state index in [9.17, 15) is 15.2 Å². The van der Waals surface area contributed by atoms with Gasteiger partial charge in [-0.15, -0.1) is 10.2 Å². The van der Waals surface area contributed by atoms with Gasteiger partial charge in [0.25, 0.3) is 0 Å². The van der Waals surface area contributed by atoms with Gasteiger partial charge in [0.2, 0.25) is 0 Å². The fourth-order valence-electron chi connectivity index (χ4n) is 3.53. The first-order chi connectivity index (χ1) is 14.5. The van der Waals surface area contributed by atoms with E-state index in [1.807, 2.05) is 38.1 Å². The molecule has 0 bridgehead atoms. The number of aromatic nitrogens is 2. The minimum atomic E-state index is -0.901. The van der Waals surface area contributed by atoms with E-state index in [-0.39, 0.29) is 6.10 Å². The lowest BCUT2D eigenvalue weighted by Gasteiger charge is -2.27. The lowest BCUT2D eigenvalue weighted by atomic mass is 9.95. The molecule has 7 nitrogen and oxygen atoms in total. The second-order valence-electron chi connectivity index (χ2n) is 7.30. The Bertz CT molecular complexity index is 1150. The van der Waals surface area contributed by atoms with Gasteiger partial charge in [0.15, 0.2) is 0 Å². The number of carboxylic acid groups (broad SMARTS) is 1. The average molecular weight is 420 g/mol. The molecule has 4 rings (SSSR count). The molecule has 0 saturated heterocycles. The van der Waals surface area contributed by atoms with Crippen molar-refractivity contribution in [1.29, 1.82) is 5.26 Å². The number of hydrogen-bond acceptors (Lipinski definition) is 6. The Balaban J connectivity index is 1.66. The molecule has 0 saturated carbocycles. The van der Waals surface area contributed by atoms with Crippen LogP contribution in [0.1, 0.15) is 30.5 Å². The van der Waals surface area contributed by atoms with Gasteiger partial charge in [-0.25, -0.2) is 4.79 Å². The van der Waals surface area contributed by atoms with Crippen LogP contribution < -0.4 is 4.74 Å². The van der Waals surface area contributed by atoms with Crippen LogP contribution in [0.4, 0.5) is 4.79 Å². The molecule has 1 N–H and O–H groups in total. The Morgan fingerprint density at radius 3 is 2.80 bits per heavy atom. The molecule has 1 aromatic heterocycles. The molecule has 30 heavy (non-hydrogen) atoms. The summed E-state index contributed by atoms with van der Waals surface area (Å²) in [5.41, 5.74) is 4.38. The Morgan fingerprint density at radius 2 is 2.07 bits per heavy atom. The van der Waals surface area contributed by atoms with Crippen LogP contribution in [0, 0.1) is 11.3 Å². The Hall–Kier alpha value is -3.44. The lowest BCUT2D eigenvalue weighted by molar-refractivity contribution is 0.140. The summed E-state index contributed by atoms with van der Waals surface area (Å²) in [6.07, 6.45) is -0.271. The van der Waals surface area contributed by atoms with Crippen molar-refractivity contribution in [3.8, 4) is 33.0 Å². The third kappa shape index (κ3) is 3.84. The zero-order valence-corrected chi connectivity index (χ0v) is 17.4. The van der Waals surface area contributed by atoms with Gasteiger partial charge in [-0.3, -0.25) is 0 Å². The smallest absolute Gasteiger partial charge is 0.407 e. The maximum absolute atomic E-state index is 11.3. The predicted molar refractivity (Wildman–Crippen MR) is 113 cm³/mol. The van der Waals surface area contributed by atoms with Crippen LogP contribution in [0.5, 0.6) is 5.75 Å². The van der Waals surface area contributed by atoms with Crippen LogP contribution in [0.3, 0.4) is 0 Å². The molecule has 0 aliphatic carbocycles. The number of ether oxygens (including phenoxy) is 1. The van der Waals surface area contributed by atoms with Crippen molar-refractivity contribution in [3.63, 3.8) is 0 Å². The average Bonchev–Trinajstić information content (AvgIpc) is 3.22. The number of fused-ring (bicyclic) bond motifs is 1. The largest absolute Gasteiger partial charge is 0.490 e. The van der Waals surface area contributed by atoms with E-state index in [2.05, 4.69) is 16.3 Å². The molecule has 3 aromatic rings. The molecule has 0 unspecified atom stereocenters. The maximum Gasteiger partial charge on any atom is 0.407 e. The van der Waals surface area contributed by atoms with Crippen LogP contribution in [-0.4, -0.2) is 38.9 Å². The van der Waals surface area contributed by atoms with E-state index in [1.165, 1.54) is 16.2 Å². The second kappa shape index (κ2) is 8.13. The van der Waals surface area contributed by atoms with Crippen molar-refractivity contribution >= 4 is 17.4 Å². The van der Waals surface area contributed by atoms with Crippen LogP contribution in [-0.2, 0) is 13.0 Å². The summed E-state index contributed by atoms with van der Waals surface area (Å²) in [6.45, 7) is 4.69. The summed E-state index contributed by atoms with van der Waals surface area (Å²) in [5, 5.41) is 28.9. The SMILES string of the molecule is CC(C)Oc1ccc(-c2nnc(-c3cccc4c3CCN(C(=O)O)C4)s2)cc1C#N. The second-order valence-corrected chi connectivity index (χ2v) is 8.28. The number of carbonyl (C=O) groups is 1. The first kappa shape index (κ1) is 19.9. The highest BCUT2D eigenvalue weighted by Gasteiger charge is 2.23. The van der Waals surface area contributed by atoms with E-state index in [0.29, 0.717) is 30.8 Å². The van der Waals surface area contributed by atoms with E-state index >= 15 is 0 Å². The Labute approximate surface area is 178 Å². The van der Waals surface area contributed by atoms with Gasteiger partial charge in [-0.05, 0) is 49.6 Å². The summed E-state index contributed by atoms with van der Waals surface area (Å²) in [6, 6.07) is 13.5. The molecule has 0 atom stereocenters. The third-order valence-corrected chi connectivity index (χ3v) is 5.91. The van der Waals surface area contributed by atoms with Crippen molar-refractivity contribution in [3.05, 3.63) is 53.1 Å². The zero-order chi connectivity index (χ0) is 21.3. The first-order valence-corrected chi connectivity index (χ1v) is 10.4. The topological polar surface area (TPSA) is 99.3 Å². The third-order valence-electron chi connectivity index (χ3n) is 4.90. The molecule has 1 aliphatic rings. The number of hydrogen-bond donors (Lipinski definition) is 1. The number of nitrogens with zero attached hydrogens (tertiary/aromatic N) is 4. The van der Waals surface area contributed by atoms with Gasteiger partial charge in [-0.2, -0.15) is 5.26 Å². The number of nitriles is 1. The van der Waals surface area contributed by atoms with Crippen LogP contribution in [0.2, 0.25) is 0 Å². The lowest BCUT2D eigenvalue weighted by Crippen LogP contribution is -2.34. The number of rotatable bonds is 4. The summed E-state index contributed by atoms with van der Waals surface area (Å²) < 4.78 is 5.69. The fraction of sp³-hybridized carbons (Fsp3) is 0.273. The minimum absolute atomic E-state index is 0.0163. The van der Waals surface area contributed by atoms with Crippen molar-refractivity contribution < 1.29 is 14.6 Å². The number of amides is 1. The highest BCUT2D eigenvalue weighted by Crippen LogP contribution is 2.36. The van der Waals surface area contributed by atoms with Crippen molar-refractivity contribution in [2.24, 2.45) is 0 Å². The van der Waals surface area contributed by atoms with Gasteiger partial charge in [0, 0.05) is 24.2 Å². The van der Waals surface area contributed by atoms with Gasteiger partial charge in [0.05, 0.1) is 11.7 Å². The van der Waals surface area contributed by atoms with Crippen LogP contribution >= 0.6 is 11.3 Å². The maximum atomic E-state index is 11.3. The molecule has 152 valence electrons.